The summed E-state index contributed by atoms with van der Waals surface area (Å²) in [5, 5.41) is 4.31. The first kappa shape index (κ1) is 14.2. The lowest BCUT2D eigenvalue weighted by molar-refractivity contribution is 0.362. The number of aryl methyl sites for hydroxylation is 1. The average molecular weight is 294 g/mol. The maximum Gasteiger partial charge on any atom is 0.140 e. The molecule has 1 aliphatic heterocycles. The highest BCUT2D eigenvalue weighted by Crippen LogP contribution is 2.39. The smallest absolute Gasteiger partial charge is 0.140 e. The van der Waals surface area contributed by atoms with Gasteiger partial charge in [0.05, 0.1) is 12.1 Å². The summed E-state index contributed by atoms with van der Waals surface area (Å²) in [5.74, 6) is 1.65. The summed E-state index contributed by atoms with van der Waals surface area (Å²) in [7, 11) is 1.75. The number of benzene rings is 1. The van der Waals surface area contributed by atoms with Gasteiger partial charge in [0.2, 0.25) is 0 Å². The fourth-order valence-electron chi connectivity index (χ4n) is 3.76. The summed E-state index contributed by atoms with van der Waals surface area (Å²) < 4.78 is 5.63. The molecule has 0 saturated carbocycles. The second-order valence-corrected chi connectivity index (χ2v) is 6.54. The lowest BCUT2D eigenvalue weighted by Gasteiger charge is -2.27. The monoisotopic (exact) mass is 293 g/mol. The Morgan fingerprint density at radius 3 is 2.90 bits per heavy atom. The molecule has 0 bridgehead atoms. The third kappa shape index (κ3) is 2.82. The molecule has 110 valence electrons. The number of hydrogen-bond acceptors (Lipinski definition) is 2. The van der Waals surface area contributed by atoms with E-state index in [0.29, 0.717) is 0 Å². The number of halogens is 1. The number of methoxy groups -OCH3 is 1. The van der Waals surface area contributed by atoms with Crippen LogP contribution in [0.5, 0.6) is 5.75 Å². The molecule has 1 saturated heterocycles. The molecule has 1 fully saturated rings. The van der Waals surface area contributed by atoms with Crippen LogP contribution < -0.4 is 10.1 Å². The molecule has 1 aliphatic carbocycles. The standard InChI is InChI=1S/C17H24ClNO/c1-20-17-15(9-12-5-4-8-19-11-12)14-7-3-2-6-13(14)10-16(17)18/h10,12,19H,2-9,11H2,1H3. The van der Waals surface area contributed by atoms with Crippen molar-refractivity contribution >= 4 is 11.6 Å². The van der Waals surface area contributed by atoms with E-state index >= 15 is 0 Å². The summed E-state index contributed by atoms with van der Waals surface area (Å²) in [6.45, 7) is 2.30. The number of nitrogens with one attached hydrogen (secondary N) is 1. The van der Waals surface area contributed by atoms with Crippen molar-refractivity contribution in [2.75, 3.05) is 20.2 Å². The fourth-order valence-corrected chi connectivity index (χ4v) is 4.08. The van der Waals surface area contributed by atoms with Crippen molar-refractivity contribution in [1.82, 2.24) is 5.32 Å². The number of fused-ring (bicyclic) bond motifs is 1. The highest BCUT2D eigenvalue weighted by molar-refractivity contribution is 6.32. The van der Waals surface area contributed by atoms with Gasteiger partial charge in [0, 0.05) is 0 Å². The highest BCUT2D eigenvalue weighted by atomic mass is 35.5. The summed E-state index contributed by atoms with van der Waals surface area (Å²) in [4.78, 5) is 0. The van der Waals surface area contributed by atoms with Crippen molar-refractivity contribution in [3.63, 3.8) is 0 Å². The zero-order valence-corrected chi connectivity index (χ0v) is 13.1. The van der Waals surface area contributed by atoms with Crippen LogP contribution in [0.25, 0.3) is 0 Å². The predicted octanol–water partition coefficient (Wildman–Crippen LogP) is 3.77. The van der Waals surface area contributed by atoms with Crippen LogP contribution in [0.15, 0.2) is 6.07 Å². The normalized spacial score (nSPS) is 22.4. The van der Waals surface area contributed by atoms with E-state index in [4.69, 9.17) is 16.3 Å². The molecule has 3 rings (SSSR count). The van der Waals surface area contributed by atoms with Gasteiger partial charge in [-0.3, -0.25) is 0 Å². The van der Waals surface area contributed by atoms with Gasteiger partial charge < -0.3 is 10.1 Å². The zero-order chi connectivity index (χ0) is 13.9. The van der Waals surface area contributed by atoms with Crippen LogP contribution >= 0.6 is 11.6 Å². The van der Waals surface area contributed by atoms with Crippen LogP contribution in [0.1, 0.15) is 42.4 Å². The Hall–Kier alpha value is -0.730. The van der Waals surface area contributed by atoms with Gasteiger partial charge in [0.1, 0.15) is 5.75 Å². The molecule has 2 aliphatic rings. The number of rotatable bonds is 3. The highest BCUT2D eigenvalue weighted by Gasteiger charge is 2.23. The summed E-state index contributed by atoms with van der Waals surface area (Å²) in [6, 6.07) is 2.14. The van der Waals surface area contributed by atoms with Crippen LogP contribution in [-0.4, -0.2) is 20.2 Å². The first-order chi connectivity index (χ1) is 9.79. The molecule has 0 amide bonds. The van der Waals surface area contributed by atoms with E-state index < -0.39 is 0 Å². The van der Waals surface area contributed by atoms with E-state index in [0.717, 1.165) is 29.7 Å². The minimum Gasteiger partial charge on any atom is -0.495 e. The summed E-state index contributed by atoms with van der Waals surface area (Å²) in [6.07, 6.45) is 8.67. The van der Waals surface area contributed by atoms with Crippen molar-refractivity contribution in [2.45, 2.75) is 44.9 Å². The van der Waals surface area contributed by atoms with Crippen molar-refractivity contribution < 1.29 is 4.74 Å². The zero-order valence-electron chi connectivity index (χ0n) is 12.3. The summed E-state index contributed by atoms with van der Waals surface area (Å²) in [5.41, 5.74) is 4.38. The van der Waals surface area contributed by atoms with Crippen LogP contribution in [0.3, 0.4) is 0 Å². The van der Waals surface area contributed by atoms with E-state index in [2.05, 4.69) is 11.4 Å². The lowest BCUT2D eigenvalue weighted by Crippen LogP contribution is -2.31. The lowest BCUT2D eigenvalue weighted by atomic mass is 9.83. The van der Waals surface area contributed by atoms with Crippen molar-refractivity contribution in [2.24, 2.45) is 5.92 Å². The van der Waals surface area contributed by atoms with Crippen molar-refractivity contribution in [3.8, 4) is 5.75 Å². The SMILES string of the molecule is COc1c(Cl)cc2c(c1CC1CCCNC1)CCCC2. The molecule has 1 aromatic carbocycles. The average Bonchev–Trinajstić information content (AvgIpc) is 2.48. The van der Waals surface area contributed by atoms with Crippen LogP contribution in [-0.2, 0) is 19.3 Å². The number of piperidine rings is 1. The molecule has 1 atom stereocenters. The third-order valence-electron chi connectivity index (χ3n) is 4.76. The molecular weight excluding hydrogens is 270 g/mol. The van der Waals surface area contributed by atoms with E-state index in [1.807, 2.05) is 0 Å². The predicted molar refractivity (Wildman–Crippen MR) is 83.9 cm³/mol. The second kappa shape index (κ2) is 6.36. The van der Waals surface area contributed by atoms with Gasteiger partial charge in [-0.25, -0.2) is 0 Å². The molecule has 0 spiro atoms. The molecule has 1 N–H and O–H groups in total. The topological polar surface area (TPSA) is 21.3 Å². The van der Waals surface area contributed by atoms with Crippen LogP contribution in [0.2, 0.25) is 5.02 Å². The Morgan fingerprint density at radius 1 is 1.30 bits per heavy atom. The number of hydrogen-bond donors (Lipinski definition) is 1. The van der Waals surface area contributed by atoms with E-state index in [1.54, 1.807) is 7.11 Å². The quantitative estimate of drug-likeness (QED) is 0.916. The van der Waals surface area contributed by atoms with Gasteiger partial charge >= 0.3 is 0 Å². The molecule has 0 radical (unpaired) electrons. The van der Waals surface area contributed by atoms with E-state index in [1.165, 1.54) is 61.8 Å². The Kier molecular flexibility index (Phi) is 4.52. The van der Waals surface area contributed by atoms with Crippen LogP contribution in [0.4, 0.5) is 0 Å². The van der Waals surface area contributed by atoms with Gasteiger partial charge in [-0.15, -0.1) is 0 Å². The van der Waals surface area contributed by atoms with E-state index in [9.17, 15) is 0 Å². The molecular formula is C17H24ClNO. The number of ether oxygens (including phenoxy) is 1. The summed E-state index contributed by atoms with van der Waals surface area (Å²) >= 11 is 6.44. The Labute approximate surface area is 126 Å². The molecule has 20 heavy (non-hydrogen) atoms. The third-order valence-corrected chi connectivity index (χ3v) is 5.04. The first-order valence-corrected chi connectivity index (χ1v) is 8.25. The van der Waals surface area contributed by atoms with Crippen molar-refractivity contribution in [1.29, 1.82) is 0 Å². The van der Waals surface area contributed by atoms with Gasteiger partial charge in [0.15, 0.2) is 0 Å². The molecule has 1 unspecified atom stereocenters. The van der Waals surface area contributed by atoms with Crippen LogP contribution in [0, 0.1) is 5.92 Å². The minimum atomic E-state index is 0.724. The Balaban J connectivity index is 1.95. The van der Waals surface area contributed by atoms with Gasteiger partial charge in [-0.05, 0) is 86.7 Å². The van der Waals surface area contributed by atoms with Gasteiger partial charge in [-0.2, -0.15) is 0 Å². The molecule has 2 nitrogen and oxygen atoms in total. The maximum atomic E-state index is 6.44. The first-order valence-electron chi connectivity index (χ1n) is 7.87. The second-order valence-electron chi connectivity index (χ2n) is 6.13. The molecule has 3 heteroatoms. The molecule has 1 heterocycles. The van der Waals surface area contributed by atoms with Gasteiger partial charge in [-0.1, -0.05) is 11.6 Å². The Bertz CT molecular complexity index is 480. The fraction of sp³-hybridized carbons (Fsp3) is 0.647. The minimum absolute atomic E-state index is 0.724. The Morgan fingerprint density at radius 2 is 2.15 bits per heavy atom. The largest absolute Gasteiger partial charge is 0.495 e. The molecule has 0 aromatic heterocycles. The van der Waals surface area contributed by atoms with Crippen molar-refractivity contribution in [3.05, 3.63) is 27.8 Å². The van der Waals surface area contributed by atoms with Gasteiger partial charge in [0.25, 0.3) is 0 Å². The van der Waals surface area contributed by atoms with E-state index in [-0.39, 0.29) is 0 Å². The molecule has 1 aromatic rings. The maximum absolute atomic E-state index is 6.44.